The fourth-order valence-electron chi connectivity index (χ4n) is 3.06. The molecule has 5 nitrogen and oxygen atoms in total. The van der Waals surface area contributed by atoms with Gasteiger partial charge in [0.25, 0.3) is 0 Å². The fraction of sp³-hybridized carbons (Fsp3) is 0.533. The number of H-pyrrole nitrogens is 1. The number of hydrogen-bond acceptors (Lipinski definition) is 4. The summed E-state index contributed by atoms with van der Waals surface area (Å²) in [4.78, 5) is 0. The van der Waals surface area contributed by atoms with Crippen molar-refractivity contribution in [2.75, 3.05) is 5.32 Å². The molecule has 1 saturated carbocycles. The minimum atomic E-state index is 0.592. The van der Waals surface area contributed by atoms with Crippen molar-refractivity contribution in [3.63, 3.8) is 0 Å². The number of hydrogen-bond donors (Lipinski definition) is 2. The zero-order chi connectivity index (χ0) is 13.8. The molecule has 1 aliphatic rings. The maximum Gasteiger partial charge on any atom is 0.204 e. The van der Waals surface area contributed by atoms with Crippen molar-refractivity contribution in [3.8, 4) is 11.4 Å². The molecule has 0 saturated heterocycles. The first-order chi connectivity index (χ1) is 9.85. The van der Waals surface area contributed by atoms with Crippen molar-refractivity contribution in [3.05, 3.63) is 24.3 Å². The third kappa shape index (κ3) is 2.98. The van der Waals surface area contributed by atoms with Crippen molar-refractivity contribution in [2.45, 2.75) is 45.1 Å². The molecule has 2 unspecified atom stereocenters. The Morgan fingerprint density at radius 2 is 2.30 bits per heavy atom. The molecule has 1 aliphatic carbocycles. The molecule has 106 valence electrons. The topological polar surface area (TPSA) is 66.5 Å². The van der Waals surface area contributed by atoms with Crippen LogP contribution < -0.4 is 5.32 Å². The average Bonchev–Trinajstić information content (AvgIpc) is 3.02. The van der Waals surface area contributed by atoms with Crippen molar-refractivity contribution >= 4 is 5.69 Å². The molecule has 1 aromatic heterocycles. The molecule has 1 aromatic carbocycles. The van der Waals surface area contributed by atoms with E-state index in [1.54, 1.807) is 0 Å². The SMILES string of the molecule is CCC1CCCC(Nc2cccc(-c3nn[nH]n3)c2)C1. The van der Waals surface area contributed by atoms with E-state index >= 15 is 0 Å². The van der Waals surface area contributed by atoms with Crippen LogP contribution in [0.3, 0.4) is 0 Å². The van der Waals surface area contributed by atoms with Gasteiger partial charge in [-0.1, -0.05) is 38.3 Å². The van der Waals surface area contributed by atoms with Crippen molar-refractivity contribution in [1.29, 1.82) is 0 Å². The molecule has 5 heteroatoms. The molecule has 1 fully saturated rings. The van der Waals surface area contributed by atoms with E-state index in [0.29, 0.717) is 11.9 Å². The highest BCUT2D eigenvalue weighted by Gasteiger charge is 2.20. The molecular formula is C15H21N5. The van der Waals surface area contributed by atoms with E-state index in [2.05, 4.69) is 45.0 Å². The first-order valence-corrected chi connectivity index (χ1v) is 7.45. The van der Waals surface area contributed by atoms with E-state index in [9.17, 15) is 0 Å². The summed E-state index contributed by atoms with van der Waals surface area (Å²) in [5.74, 6) is 1.52. The van der Waals surface area contributed by atoms with Crippen LogP contribution in [0.4, 0.5) is 5.69 Å². The number of nitrogens with zero attached hydrogens (tertiary/aromatic N) is 3. The van der Waals surface area contributed by atoms with Gasteiger partial charge in [0.05, 0.1) is 0 Å². The van der Waals surface area contributed by atoms with E-state index in [4.69, 9.17) is 0 Å². The Labute approximate surface area is 119 Å². The monoisotopic (exact) mass is 271 g/mol. The lowest BCUT2D eigenvalue weighted by Gasteiger charge is -2.29. The molecule has 1 heterocycles. The summed E-state index contributed by atoms with van der Waals surface area (Å²) in [7, 11) is 0. The zero-order valence-corrected chi connectivity index (χ0v) is 11.8. The largest absolute Gasteiger partial charge is 0.382 e. The number of anilines is 1. The van der Waals surface area contributed by atoms with Gasteiger partial charge < -0.3 is 5.32 Å². The van der Waals surface area contributed by atoms with Gasteiger partial charge >= 0.3 is 0 Å². The summed E-state index contributed by atoms with van der Waals surface area (Å²) in [5, 5.41) is 17.8. The number of aromatic amines is 1. The van der Waals surface area contributed by atoms with Gasteiger partial charge in [0, 0.05) is 17.3 Å². The first-order valence-electron chi connectivity index (χ1n) is 7.45. The normalized spacial score (nSPS) is 22.6. The number of rotatable bonds is 4. The van der Waals surface area contributed by atoms with Crippen LogP contribution in [0.2, 0.25) is 0 Å². The van der Waals surface area contributed by atoms with Gasteiger partial charge in [0.15, 0.2) is 0 Å². The molecule has 0 radical (unpaired) electrons. The van der Waals surface area contributed by atoms with Crippen LogP contribution in [0, 0.1) is 5.92 Å². The van der Waals surface area contributed by atoms with Crippen LogP contribution in [0.1, 0.15) is 39.0 Å². The van der Waals surface area contributed by atoms with Gasteiger partial charge in [-0.05, 0) is 36.1 Å². The van der Waals surface area contributed by atoms with Crippen LogP contribution in [0.15, 0.2) is 24.3 Å². The summed E-state index contributed by atoms with van der Waals surface area (Å²) in [5.41, 5.74) is 2.14. The maximum absolute atomic E-state index is 4.02. The third-order valence-electron chi connectivity index (χ3n) is 4.20. The van der Waals surface area contributed by atoms with Crippen LogP contribution in [0.5, 0.6) is 0 Å². The van der Waals surface area contributed by atoms with Gasteiger partial charge in [0.2, 0.25) is 5.82 Å². The second-order valence-corrected chi connectivity index (χ2v) is 5.60. The Balaban J connectivity index is 1.70. The first kappa shape index (κ1) is 13.1. The number of aromatic nitrogens is 4. The Kier molecular flexibility index (Phi) is 3.95. The molecular weight excluding hydrogens is 250 g/mol. The molecule has 2 atom stereocenters. The van der Waals surface area contributed by atoms with E-state index in [1.807, 2.05) is 12.1 Å². The second kappa shape index (κ2) is 6.03. The van der Waals surface area contributed by atoms with Gasteiger partial charge in [0.1, 0.15) is 0 Å². The smallest absolute Gasteiger partial charge is 0.204 e. The average molecular weight is 271 g/mol. The van der Waals surface area contributed by atoms with Crippen LogP contribution >= 0.6 is 0 Å². The van der Waals surface area contributed by atoms with Crippen LogP contribution in [0.25, 0.3) is 11.4 Å². The van der Waals surface area contributed by atoms with Gasteiger partial charge in [-0.2, -0.15) is 5.21 Å². The zero-order valence-electron chi connectivity index (χ0n) is 11.8. The minimum Gasteiger partial charge on any atom is -0.382 e. The second-order valence-electron chi connectivity index (χ2n) is 5.60. The summed E-state index contributed by atoms with van der Waals surface area (Å²) in [6.07, 6.45) is 6.56. The molecule has 3 rings (SSSR count). The van der Waals surface area contributed by atoms with E-state index in [0.717, 1.165) is 17.2 Å². The van der Waals surface area contributed by atoms with Gasteiger partial charge in [-0.25, -0.2) is 0 Å². The summed E-state index contributed by atoms with van der Waals surface area (Å²) < 4.78 is 0. The predicted molar refractivity (Wildman–Crippen MR) is 79.3 cm³/mol. The Morgan fingerprint density at radius 1 is 1.35 bits per heavy atom. The molecule has 0 bridgehead atoms. The quantitative estimate of drug-likeness (QED) is 0.895. The summed E-state index contributed by atoms with van der Waals surface area (Å²) in [6.45, 7) is 2.30. The van der Waals surface area contributed by atoms with E-state index in [-0.39, 0.29) is 0 Å². The molecule has 0 aliphatic heterocycles. The summed E-state index contributed by atoms with van der Waals surface area (Å²) >= 11 is 0. The van der Waals surface area contributed by atoms with Crippen molar-refractivity contribution in [1.82, 2.24) is 20.6 Å². The molecule has 0 amide bonds. The minimum absolute atomic E-state index is 0.592. The number of nitrogens with one attached hydrogen (secondary N) is 2. The standard InChI is InChI=1S/C15H21N5/c1-2-11-5-3-7-13(9-11)16-14-8-4-6-12(10-14)15-17-19-20-18-15/h4,6,8,10-11,13,16H,2-3,5,7,9H2,1H3,(H,17,18,19,20). The lowest BCUT2D eigenvalue weighted by molar-refractivity contribution is 0.327. The lowest BCUT2D eigenvalue weighted by atomic mass is 9.84. The van der Waals surface area contributed by atoms with Crippen molar-refractivity contribution in [2.24, 2.45) is 5.92 Å². The Hall–Kier alpha value is -1.91. The fourth-order valence-corrected chi connectivity index (χ4v) is 3.06. The summed E-state index contributed by atoms with van der Waals surface area (Å²) in [6, 6.07) is 8.84. The van der Waals surface area contributed by atoms with Crippen molar-refractivity contribution < 1.29 is 0 Å². The third-order valence-corrected chi connectivity index (χ3v) is 4.20. The van der Waals surface area contributed by atoms with Gasteiger partial charge in [-0.3, -0.25) is 0 Å². The number of tetrazole rings is 1. The van der Waals surface area contributed by atoms with Crippen LogP contribution in [-0.4, -0.2) is 26.7 Å². The highest BCUT2D eigenvalue weighted by Crippen LogP contribution is 2.29. The predicted octanol–water partition coefficient (Wildman–Crippen LogP) is 3.25. The van der Waals surface area contributed by atoms with Crippen LogP contribution in [-0.2, 0) is 0 Å². The molecule has 20 heavy (non-hydrogen) atoms. The highest BCUT2D eigenvalue weighted by molar-refractivity contribution is 5.61. The number of benzene rings is 1. The lowest BCUT2D eigenvalue weighted by Crippen LogP contribution is -2.27. The van der Waals surface area contributed by atoms with E-state index < -0.39 is 0 Å². The Morgan fingerprint density at radius 3 is 3.10 bits per heavy atom. The molecule has 2 aromatic rings. The van der Waals surface area contributed by atoms with E-state index in [1.165, 1.54) is 32.1 Å². The highest BCUT2D eigenvalue weighted by atomic mass is 15.5. The molecule has 2 N–H and O–H groups in total. The maximum atomic E-state index is 4.02. The molecule has 0 spiro atoms. The van der Waals surface area contributed by atoms with Gasteiger partial charge in [-0.15, -0.1) is 10.2 Å². The Bertz CT molecular complexity index is 537.